The van der Waals surface area contributed by atoms with Crippen LogP contribution >= 0.6 is 0 Å². The molecule has 1 aliphatic carbocycles. The van der Waals surface area contributed by atoms with Gasteiger partial charge in [0.15, 0.2) is 31.0 Å². The molecule has 1 fully saturated rings. The quantitative estimate of drug-likeness (QED) is 0.135. The Morgan fingerprint density at radius 2 is 0.756 bits per heavy atom. The van der Waals surface area contributed by atoms with Gasteiger partial charge in [-0.1, -0.05) is 125 Å². The molecule has 0 bridgehead atoms. The topological polar surface area (TPSA) is 19.4 Å². The Balaban J connectivity index is 0.000000182. The van der Waals surface area contributed by atoms with E-state index in [2.05, 4.69) is 93.2 Å². The summed E-state index contributed by atoms with van der Waals surface area (Å²) in [5, 5.41) is 0. The van der Waals surface area contributed by atoms with Gasteiger partial charge in [0, 0.05) is 111 Å². The normalized spacial score (nSPS) is 16.5. The first-order chi connectivity index (χ1) is 48.1. The molecule has 0 spiro atoms. The standard InChI is InChI=1S/C18H22N.C17H22N.C16H20N.2C15H18N/c1-14-7-3-6-10-17(14)18-13-16(11-12-19(18)2)15-8-4-5-9-15;1-12(2)16-11-18(5)17(10-14(16)4)15-9-7-6-8-13(15)3;1-5-14-10-16(17(4)11-13(14)3)15-9-7-6-8-12(15)2;2*1-11-7-5-6-8-14(11)15-9-12(2)13(3)10-16(15)4/h3,6-7,10-13,15H,4-5,8-9H2,1-2H3;6-12H,1-5H3;6-11H,5H2,1-4H3;2*5-10H,1-4H3/q5*+1/i;1D3,12D;3D3,5D2;2D3,3D3;3D3. The van der Waals surface area contributed by atoms with Gasteiger partial charge in [-0.05, 0) is 193 Å². The second kappa shape index (κ2) is 30.3. The van der Waals surface area contributed by atoms with Crippen molar-refractivity contribution in [1.82, 2.24) is 0 Å². The lowest BCUT2D eigenvalue weighted by Gasteiger charge is -2.11. The van der Waals surface area contributed by atoms with Gasteiger partial charge in [0.25, 0.3) is 0 Å². The lowest BCUT2D eigenvalue weighted by molar-refractivity contribution is -0.661. The van der Waals surface area contributed by atoms with Crippen molar-refractivity contribution in [3.8, 4) is 56.3 Å². The van der Waals surface area contributed by atoms with Gasteiger partial charge < -0.3 is 0 Å². The maximum atomic E-state index is 8.30. The van der Waals surface area contributed by atoms with Crippen LogP contribution in [0.5, 0.6) is 0 Å². The molecular weight excluding hydrogens is 1040 g/mol. The summed E-state index contributed by atoms with van der Waals surface area (Å²) in [7, 11) is 9.42. The first-order valence-electron chi connectivity index (χ1n) is 38.6. The third-order valence-corrected chi connectivity index (χ3v) is 16.3. The molecule has 0 N–H and O–H groups in total. The Hall–Kier alpha value is -8.15. The fourth-order valence-electron chi connectivity index (χ4n) is 11.1. The van der Waals surface area contributed by atoms with Gasteiger partial charge in [-0.2, -0.15) is 0 Å². The second-order valence-electron chi connectivity index (χ2n) is 22.8. The highest BCUT2D eigenvalue weighted by Crippen LogP contribution is 2.35. The molecule has 86 heavy (non-hydrogen) atoms. The van der Waals surface area contributed by atoms with E-state index >= 15 is 0 Å². The number of rotatable bonds is 8. The molecule has 5 aromatic carbocycles. The largest absolute Gasteiger partial charge is 0.212 e. The van der Waals surface area contributed by atoms with Crippen molar-refractivity contribution < 1.29 is 47.5 Å². The highest BCUT2D eigenvalue weighted by atomic mass is 14.9. The zero-order chi connectivity index (χ0) is 77.6. The average molecular weight is 1160 g/mol. The van der Waals surface area contributed by atoms with Crippen LogP contribution in [-0.4, -0.2) is 0 Å². The number of hydrogen-bond acceptors (Lipinski definition) is 0. The number of aryl methyl sites for hydroxylation is 17. The van der Waals surface area contributed by atoms with Crippen LogP contribution < -0.4 is 22.8 Å². The smallest absolute Gasteiger partial charge is 0.201 e. The predicted molar refractivity (Wildman–Crippen MR) is 362 cm³/mol. The summed E-state index contributed by atoms with van der Waals surface area (Å²) >= 11 is 0. The number of hydrogen-bond donors (Lipinski definition) is 0. The van der Waals surface area contributed by atoms with E-state index in [1.54, 1.807) is 41.7 Å². The van der Waals surface area contributed by atoms with E-state index < -0.39 is 46.5 Å². The Labute approximate surface area is 544 Å². The van der Waals surface area contributed by atoms with Gasteiger partial charge in [0.05, 0.1) is 0 Å². The van der Waals surface area contributed by atoms with Crippen LogP contribution in [0, 0.1) is 75.9 Å². The summed E-state index contributed by atoms with van der Waals surface area (Å²) in [6.07, 6.45) is 12.4. The van der Waals surface area contributed by atoms with E-state index in [0.717, 1.165) is 73.1 Å². The van der Waals surface area contributed by atoms with Crippen molar-refractivity contribution in [2.75, 3.05) is 0 Å². The molecule has 5 heterocycles. The molecule has 0 radical (unpaired) electrons. The van der Waals surface area contributed by atoms with Crippen LogP contribution in [0.3, 0.4) is 0 Å². The molecule has 1 aliphatic rings. The van der Waals surface area contributed by atoms with E-state index in [0.29, 0.717) is 16.8 Å². The average Bonchev–Trinajstić information content (AvgIpc) is 0.989. The van der Waals surface area contributed by atoms with Crippen molar-refractivity contribution in [2.24, 2.45) is 35.2 Å². The van der Waals surface area contributed by atoms with Crippen molar-refractivity contribution in [3.63, 3.8) is 0 Å². The van der Waals surface area contributed by atoms with Crippen molar-refractivity contribution in [2.45, 2.75) is 140 Å². The molecule has 5 nitrogen and oxygen atoms in total. The van der Waals surface area contributed by atoms with E-state index in [1.165, 1.54) is 85.9 Å². The lowest BCUT2D eigenvalue weighted by Crippen LogP contribution is -2.32. The maximum absolute atomic E-state index is 8.30. The maximum Gasteiger partial charge on any atom is 0.212 e. The van der Waals surface area contributed by atoms with Crippen molar-refractivity contribution in [1.29, 1.82) is 0 Å². The van der Waals surface area contributed by atoms with E-state index in [-0.39, 0.29) is 22.3 Å². The van der Waals surface area contributed by atoms with E-state index in [9.17, 15) is 0 Å². The summed E-state index contributed by atoms with van der Waals surface area (Å²) in [5.74, 6) is -0.844. The SMILES string of the molecule is Cc1ccccc1-c1cc(C2CCCC2)cc[n+]1C.[2H]C([2H])([2H])C([2H])(C)c1c[n+](C)c(-c2ccccc2C)cc1C.[2H]C([2H])([2H])c1c[n+](C)c(-c2ccccc2C)cc1C.[2H]C([2H])([2H])c1c[n+](C)c(-c2ccccc2C)cc1C([2H])([2H])C.[2H]C([2H])([2H])c1cc(-c2ccccc2C)[n+](C)cc1C([2H])([2H])[2H]. The van der Waals surface area contributed by atoms with Crippen LogP contribution in [0.4, 0.5) is 0 Å². The molecule has 1 atom stereocenters. The number of pyridine rings is 5. The van der Waals surface area contributed by atoms with Gasteiger partial charge in [-0.25, -0.2) is 22.8 Å². The number of aromatic nitrogens is 5. The Kier molecular flexibility index (Phi) is 15.6. The Morgan fingerprint density at radius 1 is 0.407 bits per heavy atom. The molecule has 5 heteroatoms. The molecule has 11 rings (SSSR count). The van der Waals surface area contributed by atoms with Crippen molar-refractivity contribution >= 4 is 0 Å². The monoisotopic (exact) mass is 1160 g/mol. The van der Waals surface area contributed by atoms with Crippen LogP contribution in [-0.2, 0) is 41.6 Å². The third-order valence-electron chi connectivity index (χ3n) is 16.3. The minimum Gasteiger partial charge on any atom is -0.201 e. The van der Waals surface area contributed by atoms with Crippen LogP contribution in [0.15, 0.2) is 189 Å². The molecule has 5 aromatic heterocycles. The summed E-state index contributed by atoms with van der Waals surface area (Å²) in [4.78, 5) is 0. The zero-order valence-electron chi connectivity index (χ0n) is 71.0. The zero-order valence-corrected chi connectivity index (χ0v) is 53.0. The summed E-state index contributed by atoms with van der Waals surface area (Å²) in [6.45, 7) is 5.06. The molecule has 1 unspecified atom stereocenters. The molecular formula is C81H100N5+5. The third kappa shape index (κ3) is 16.4. The predicted octanol–water partition coefficient (Wildman–Crippen LogP) is 17.6. The van der Waals surface area contributed by atoms with Gasteiger partial charge in [-0.15, -0.1) is 0 Å². The van der Waals surface area contributed by atoms with E-state index in [1.807, 2.05) is 142 Å². The molecule has 444 valence electrons. The molecule has 10 aromatic rings. The van der Waals surface area contributed by atoms with E-state index in [4.69, 9.17) is 24.7 Å². The number of benzene rings is 5. The second-order valence-corrected chi connectivity index (χ2v) is 22.8. The minimum atomic E-state index is -2.48. The van der Waals surface area contributed by atoms with Crippen molar-refractivity contribution in [3.05, 3.63) is 267 Å². The van der Waals surface area contributed by atoms with Crippen LogP contribution in [0.1, 0.15) is 161 Å². The first-order valence-corrected chi connectivity index (χ1v) is 29.6. The molecule has 1 saturated carbocycles. The molecule has 0 aliphatic heterocycles. The fraction of sp³-hybridized carbons (Fsp3) is 0.321. The lowest BCUT2D eigenvalue weighted by atomic mass is 9.95. The molecule has 0 saturated heterocycles. The Morgan fingerprint density at radius 3 is 1.15 bits per heavy atom. The van der Waals surface area contributed by atoms with Crippen LogP contribution in [0.25, 0.3) is 56.3 Å². The number of nitrogens with zero attached hydrogens (tertiary/aromatic N) is 5. The first kappa shape index (κ1) is 44.3. The highest BCUT2D eigenvalue weighted by molar-refractivity contribution is 5.65. The summed E-state index contributed by atoms with van der Waals surface area (Å²) in [6, 6.07) is 52.0. The minimum absolute atomic E-state index is 0.0554. The van der Waals surface area contributed by atoms with Gasteiger partial charge in [0.2, 0.25) is 28.5 Å². The Bertz CT molecular complexity index is 4540. The summed E-state index contributed by atoms with van der Waals surface area (Å²) in [5.41, 5.74) is 20.1. The molecule has 0 amide bonds. The fourth-order valence-corrected chi connectivity index (χ4v) is 11.1. The highest BCUT2D eigenvalue weighted by Gasteiger charge is 2.22. The van der Waals surface area contributed by atoms with Gasteiger partial charge in [0.1, 0.15) is 35.2 Å². The van der Waals surface area contributed by atoms with Gasteiger partial charge in [-0.3, -0.25) is 0 Å². The van der Waals surface area contributed by atoms with Crippen LogP contribution in [0.2, 0.25) is 0 Å². The van der Waals surface area contributed by atoms with Gasteiger partial charge >= 0.3 is 0 Å². The summed E-state index contributed by atoms with van der Waals surface area (Å²) < 4.78 is 148.